The molecule has 1 aliphatic heterocycles. The molecule has 3 heterocycles. The fourth-order valence-corrected chi connectivity index (χ4v) is 4.23. The molecule has 2 aromatic rings. The van der Waals surface area contributed by atoms with Crippen molar-refractivity contribution in [1.29, 1.82) is 0 Å². The van der Waals surface area contributed by atoms with Crippen LogP contribution < -0.4 is 10.1 Å². The Labute approximate surface area is 192 Å². The summed E-state index contributed by atoms with van der Waals surface area (Å²) in [5.41, 5.74) is -1.22. The van der Waals surface area contributed by atoms with E-state index in [1.807, 2.05) is 0 Å². The van der Waals surface area contributed by atoms with Crippen LogP contribution in [-0.2, 0) is 15.7 Å². The summed E-state index contributed by atoms with van der Waals surface area (Å²) < 4.78 is 90.9. The zero-order valence-corrected chi connectivity index (χ0v) is 18.6. The predicted octanol–water partition coefficient (Wildman–Crippen LogP) is 4.19. The number of rotatable bonds is 6. The molecule has 0 saturated carbocycles. The van der Waals surface area contributed by atoms with Gasteiger partial charge in [-0.3, -0.25) is 9.53 Å². The Morgan fingerprint density at radius 3 is 2.62 bits per heavy atom. The summed E-state index contributed by atoms with van der Waals surface area (Å²) in [5.74, 6) is -0.988. The number of carbonyl (C=O) groups excluding carboxylic acids is 2. The first-order chi connectivity index (χ1) is 15.8. The highest BCUT2D eigenvalue weighted by Gasteiger charge is 2.37. The average Bonchev–Trinajstić information content (AvgIpc) is 3.37. The zero-order valence-electron chi connectivity index (χ0n) is 17.7. The van der Waals surface area contributed by atoms with Gasteiger partial charge in [0.05, 0.1) is 34.5 Å². The molecule has 1 saturated heterocycles. The summed E-state index contributed by atoms with van der Waals surface area (Å²) in [6.07, 6.45) is -12.2. The number of hydrogen-bond acceptors (Lipinski definition) is 7. The van der Waals surface area contributed by atoms with Crippen LogP contribution in [0.4, 0.5) is 31.1 Å². The summed E-state index contributed by atoms with van der Waals surface area (Å²) >= 11 is 0.729. The summed E-state index contributed by atoms with van der Waals surface area (Å²) in [6, 6.07) is 0.726. The molecule has 0 bridgehead atoms. The number of fused-ring (bicyclic) bond motifs is 1. The number of nitrogens with zero attached hydrogens (tertiary/aromatic N) is 2. The van der Waals surface area contributed by atoms with Crippen LogP contribution >= 0.6 is 11.3 Å². The van der Waals surface area contributed by atoms with Crippen LogP contribution in [0.2, 0.25) is 0 Å². The highest BCUT2D eigenvalue weighted by atomic mass is 32.1. The minimum atomic E-state index is -4.86. The van der Waals surface area contributed by atoms with Crippen LogP contribution in [0.15, 0.2) is 11.4 Å². The summed E-state index contributed by atoms with van der Waals surface area (Å²) in [6.45, 7) is 0.350. The number of thiophene rings is 1. The van der Waals surface area contributed by atoms with E-state index in [0.717, 1.165) is 22.3 Å². The van der Waals surface area contributed by atoms with E-state index < -0.39 is 48.9 Å². The molecule has 1 fully saturated rings. The van der Waals surface area contributed by atoms with Crippen molar-refractivity contribution in [3.63, 3.8) is 0 Å². The van der Waals surface area contributed by atoms with Gasteiger partial charge >= 0.3 is 18.6 Å². The fourth-order valence-electron chi connectivity index (χ4n) is 3.21. The molecule has 1 N–H and O–H groups in total. The van der Waals surface area contributed by atoms with Gasteiger partial charge in [-0.25, -0.2) is 9.78 Å². The van der Waals surface area contributed by atoms with Crippen LogP contribution in [0.3, 0.4) is 0 Å². The van der Waals surface area contributed by atoms with Gasteiger partial charge < -0.3 is 19.7 Å². The van der Waals surface area contributed by atoms with Crippen molar-refractivity contribution in [2.45, 2.75) is 38.1 Å². The van der Waals surface area contributed by atoms with Gasteiger partial charge in [0, 0.05) is 31.5 Å². The number of pyridine rings is 1. The maximum absolute atomic E-state index is 13.6. The first kappa shape index (κ1) is 25.8. The number of nitrogens with one attached hydrogen (secondary N) is 1. The second kappa shape index (κ2) is 9.82. The normalized spacial score (nSPS) is 17.6. The molecule has 1 aliphatic rings. The molecule has 34 heavy (non-hydrogen) atoms. The number of aromatic nitrogens is 1. The van der Waals surface area contributed by atoms with Gasteiger partial charge in [0.1, 0.15) is 12.2 Å². The lowest BCUT2D eigenvalue weighted by Gasteiger charge is -2.20. The predicted molar refractivity (Wildman–Crippen MR) is 107 cm³/mol. The second-order valence-electron chi connectivity index (χ2n) is 7.34. The molecule has 188 valence electrons. The van der Waals surface area contributed by atoms with Gasteiger partial charge in [0.2, 0.25) is 5.88 Å². The smallest absolute Gasteiger partial charge is 0.472 e. The molecule has 2 aromatic heterocycles. The van der Waals surface area contributed by atoms with Crippen LogP contribution in [0, 0.1) is 0 Å². The molecule has 0 aromatic carbocycles. The van der Waals surface area contributed by atoms with Crippen molar-refractivity contribution in [2.75, 3.05) is 26.7 Å². The third-order valence-electron chi connectivity index (χ3n) is 4.75. The van der Waals surface area contributed by atoms with Crippen molar-refractivity contribution in [3.05, 3.63) is 22.6 Å². The van der Waals surface area contributed by atoms with Crippen molar-refractivity contribution in [1.82, 2.24) is 15.2 Å². The molecule has 0 radical (unpaired) electrons. The Morgan fingerprint density at radius 2 is 2.00 bits per heavy atom. The molecule has 3 rings (SSSR count). The van der Waals surface area contributed by atoms with Crippen LogP contribution in [0.5, 0.6) is 5.88 Å². The van der Waals surface area contributed by atoms with Crippen LogP contribution in [0.25, 0.3) is 10.2 Å². The lowest BCUT2D eigenvalue weighted by atomic mass is 10.2. The van der Waals surface area contributed by atoms with E-state index in [1.165, 1.54) is 19.4 Å². The van der Waals surface area contributed by atoms with E-state index >= 15 is 0 Å². The first-order valence-corrected chi connectivity index (χ1v) is 10.7. The summed E-state index contributed by atoms with van der Waals surface area (Å²) in [4.78, 5) is 29.4. The number of carbonyl (C=O) groups is 2. The maximum Gasteiger partial charge on any atom is 0.522 e. The quantitative estimate of drug-likeness (QED) is 0.581. The molecule has 0 aliphatic carbocycles. The van der Waals surface area contributed by atoms with Crippen molar-refractivity contribution in [2.24, 2.45) is 0 Å². The molecular weight excluding hydrogens is 496 g/mol. The zero-order chi connectivity index (χ0) is 25.3. The lowest BCUT2D eigenvalue weighted by molar-refractivity contribution is -0.329. The van der Waals surface area contributed by atoms with E-state index in [0.29, 0.717) is 0 Å². The average molecular weight is 515 g/mol. The highest BCUT2D eigenvalue weighted by molar-refractivity contribution is 7.17. The molecule has 8 nitrogen and oxygen atoms in total. The van der Waals surface area contributed by atoms with E-state index in [1.54, 1.807) is 0 Å². The number of likely N-dealkylation sites (tertiary alicyclic amines) is 1. The number of hydrogen-bond donors (Lipinski definition) is 1. The Balaban J connectivity index is 1.71. The van der Waals surface area contributed by atoms with Crippen molar-refractivity contribution < 1.29 is 50.1 Å². The summed E-state index contributed by atoms with van der Waals surface area (Å²) in [5, 5.41) is 3.61. The third kappa shape index (κ3) is 6.20. The van der Waals surface area contributed by atoms with Crippen LogP contribution in [-0.4, -0.2) is 67.2 Å². The Kier molecular flexibility index (Phi) is 7.45. The van der Waals surface area contributed by atoms with Crippen LogP contribution in [0.1, 0.15) is 29.3 Å². The van der Waals surface area contributed by atoms with Gasteiger partial charge in [0.25, 0.3) is 5.91 Å². The molecule has 0 unspecified atom stereocenters. The van der Waals surface area contributed by atoms with Crippen molar-refractivity contribution in [3.8, 4) is 5.88 Å². The van der Waals surface area contributed by atoms with E-state index in [-0.39, 0.29) is 41.2 Å². The van der Waals surface area contributed by atoms with E-state index in [4.69, 9.17) is 9.47 Å². The lowest BCUT2D eigenvalue weighted by Crippen LogP contribution is -2.35. The molecule has 2 amide bonds. The second-order valence-corrected chi connectivity index (χ2v) is 8.22. The minimum absolute atomic E-state index is 0.0369. The Hall–Kier alpha value is -2.81. The monoisotopic (exact) mass is 515 g/mol. The topological polar surface area (TPSA) is 90.0 Å². The number of alkyl halides is 6. The van der Waals surface area contributed by atoms with Gasteiger partial charge in [0.15, 0.2) is 0 Å². The molecule has 15 heteroatoms. The number of ether oxygens (including phenoxy) is 3. The number of amides is 2. The number of halogens is 6. The van der Waals surface area contributed by atoms with E-state index in [9.17, 15) is 35.9 Å². The third-order valence-corrected chi connectivity index (χ3v) is 5.75. The highest BCUT2D eigenvalue weighted by Crippen LogP contribution is 2.40. The maximum atomic E-state index is 13.6. The SMILES string of the molecule is CNC(=O)c1csc2c(C(F)(F)F)cc(O[C@H]3CCN(C(=O)O[C@@H](C)COC(F)(F)F)C3)nc12. The first-order valence-electron chi connectivity index (χ1n) is 9.83. The molecule has 2 atom stereocenters. The Morgan fingerprint density at radius 1 is 1.29 bits per heavy atom. The van der Waals surface area contributed by atoms with Crippen molar-refractivity contribution >= 4 is 33.6 Å². The Bertz CT molecular complexity index is 1060. The fraction of sp³-hybridized carbons (Fsp3) is 0.526. The molecular formula is C19H19F6N3O5S. The molecule has 0 spiro atoms. The van der Waals surface area contributed by atoms with Gasteiger partial charge in [-0.15, -0.1) is 24.5 Å². The van der Waals surface area contributed by atoms with E-state index in [2.05, 4.69) is 15.0 Å². The summed E-state index contributed by atoms with van der Waals surface area (Å²) in [7, 11) is 1.33. The van der Waals surface area contributed by atoms with Gasteiger partial charge in [-0.05, 0) is 6.92 Å². The van der Waals surface area contributed by atoms with Gasteiger partial charge in [-0.1, -0.05) is 0 Å². The standard InChI is InChI=1S/C19H19F6N3O5S/c1-9(7-31-19(23,24)25)32-17(30)28-4-3-10(6-28)33-13-5-12(18(20,21)22)15-14(27-13)11(8-34-15)16(29)26-2/h5,8-10H,3-4,6-7H2,1-2H3,(H,26,29)/t9-,10-/m0/s1. The minimum Gasteiger partial charge on any atom is -0.472 e. The van der Waals surface area contributed by atoms with Gasteiger partial charge in [-0.2, -0.15) is 13.2 Å². The largest absolute Gasteiger partial charge is 0.522 e.